The molecule has 1 fully saturated rings. The van der Waals surface area contributed by atoms with Crippen molar-refractivity contribution >= 4 is 5.78 Å². The standard InChI is InChI=1S/C25H23NO2/c27-16-22(18-4-2-1-3-5-18)11-17-10-21(15-26-14-17)19-6-7-20-13-24(28)25(8-9-25)23(20)12-19/h1-7,10,12,14-15,22,27H,8-9,11,13,16H2/t22-/m0/s1. The maximum absolute atomic E-state index is 12.4. The number of hydrogen-bond acceptors (Lipinski definition) is 3. The Morgan fingerprint density at radius 2 is 1.82 bits per heavy atom. The molecule has 0 unspecified atom stereocenters. The minimum absolute atomic E-state index is 0.0608. The van der Waals surface area contributed by atoms with Crippen LogP contribution in [-0.2, 0) is 23.1 Å². The number of nitrogens with zero attached hydrogens (tertiary/aromatic N) is 1. The van der Waals surface area contributed by atoms with Crippen molar-refractivity contribution in [2.24, 2.45) is 0 Å². The van der Waals surface area contributed by atoms with E-state index in [0.717, 1.165) is 41.5 Å². The average Bonchev–Trinajstić information content (AvgIpc) is 3.50. The van der Waals surface area contributed by atoms with Crippen LogP contribution in [0.5, 0.6) is 0 Å². The second-order valence-corrected chi connectivity index (χ2v) is 8.13. The van der Waals surface area contributed by atoms with E-state index < -0.39 is 0 Å². The molecule has 1 atom stereocenters. The van der Waals surface area contributed by atoms with Gasteiger partial charge in [0.05, 0.1) is 12.0 Å². The summed E-state index contributed by atoms with van der Waals surface area (Å²) in [4.78, 5) is 16.8. The SMILES string of the molecule is O=C1Cc2ccc(-c3cncc(C[C@@H](CO)c4ccccc4)c3)cc2C12CC2. The summed E-state index contributed by atoms with van der Waals surface area (Å²) in [6, 6.07) is 18.7. The summed E-state index contributed by atoms with van der Waals surface area (Å²) in [5.41, 5.74) is 6.69. The van der Waals surface area contributed by atoms with Crippen molar-refractivity contribution < 1.29 is 9.90 Å². The van der Waals surface area contributed by atoms with Gasteiger partial charge in [-0.15, -0.1) is 0 Å². The van der Waals surface area contributed by atoms with Gasteiger partial charge in [0.1, 0.15) is 5.78 Å². The summed E-state index contributed by atoms with van der Waals surface area (Å²) in [7, 11) is 0. The molecule has 1 aromatic heterocycles. The van der Waals surface area contributed by atoms with Gasteiger partial charge in [0.2, 0.25) is 0 Å². The Balaban J connectivity index is 1.44. The van der Waals surface area contributed by atoms with Crippen LogP contribution in [-0.4, -0.2) is 22.5 Å². The highest BCUT2D eigenvalue weighted by molar-refractivity contribution is 5.99. The van der Waals surface area contributed by atoms with Crippen LogP contribution >= 0.6 is 0 Å². The molecule has 1 saturated carbocycles. The van der Waals surface area contributed by atoms with Gasteiger partial charge in [0.25, 0.3) is 0 Å². The maximum atomic E-state index is 12.4. The van der Waals surface area contributed by atoms with Crippen molar-refractivity contribution in [2.45, 2.75) is 37.0 Å². The molecule has 0 bridgehead atoms. The van der Waals surface area contributed by atoms with Gasteiger partial charge in [-0.2, -0.15) is 0 Å². The third-order valence-corrected chi connectivity index (χ3v) is 6.36. The summed E-state index contributed by atoms with van der Waals surface area (Å²) in [5.74, 6) is 0.450. The lowest BCUT2D eigenvalue weighted by atomic mass is 9.91. The topological polar surface area (TPSA) is 50.2 Å². The zero-order valence-corrected chi connectivity index (χ0v) is 15.8. The van der Waals surface area contributed by atoms with Crippen molar-refractivity contribution in [1.82, 2.24) is 4.98 Å². The van der Waals surface area contributed by atoms with E-state index in [0.29, 0.717) is 12.2 Å². The Bertz CT molecular complexity index is 1040. The first-order valence-corrected chi connectivity index (χ1v) is 9.96. The molecule has 28 heavy (non-hydrogen) atoms. The largest absolute Gasteiger partial charge is 0.396 e. The number of benzene rings is 2. The molecule has 0 aliphatic heterocycles. The lowest BCUT2D eigenvalue weighted by Crippen LogP contribution is -2.13. The van der Waals surface area contributed by atoms with E-state index in [1.165, 1.54) is 11.1 Å². The molecule has 2 aliphatic carbocycles. The first-order valence-electron chi connectivity index (χ1n) is 9.96. The number of fused-ring (bicyclic) bond motifs is 2. The molecule has 1 N–H and O–H groups in total. The molecule has 2 aliphatic rings. The highest BCUT2D eigenvalue weighted by atomic mass is 16.3. The fourth-order valence-corrected chi connectivity index (χ4v) is 4.58. The Kier molecular flexibility index (Phi) is 4.13. The van der Waals surface area contributed by atoms with Crippen LogP contribution in [0.15, 0.2) is 67.0 Å². The molecular weight excluding hydrogens is 346 g/mol. The molecule has 2 aromatic carbocycles. The van der Waals surface area contributed by atoms with E-state index in [4.69, 9.17) is 0 Å². The number of pyridine rings is 1. The first-order chi connectivity index (χ1) is 13.7. The van der Waals surface area contributed by atoms with Gasteiger partial charge in [-0.25, -0.2) is 0 Å². The average molecular weight is 369 g/mol. The van der Waals surface area contributed by atoms with Crippen molar-refractivity contribution in [3.8, 4) is 11.1 Å². The normalized spacial score (nSPS) is 17.5. The zero-order chi connectivity index (χ0) is 19.1. The molecule has 1 spiro atoms. The number of rotatable bonds is 5. The summed E-state index contributed by atoms with van der Waals surface area (Å²) in [5, 5.41) is 9.87. The van der Waals surface area contributed by atoms with Crippen molar-refractivity contribution in [2.75, 3.05) is 6.61 Å². The van der Waals surface area contributed by atoms with Crippen LogP contribution in [0.25, 0.3) is 11.1 Å². The third-order valence-electron chi connectivity index (χ3n) is 6.36. The number of aliphatic hydroxyl groups is 1. The number of hydrogen-bond donors (Lipinski definition) is 1. The molecule has 3 nitrogen and oxygen atoms in total. The fraction of sp³-hybridized carbons (Fsp3) is 0.280. The molecule has 3 heteroatoms. The number of Topliss-reactive ketones (excluding diaryl/α,β-unsaturated/α-hetero) is 1. The van der Waals surface area contributed by atoms with Crippen molar-refractivity contribution in [3.63, 3.8) is 0 Å². The van der Waals surface area contributed by atoms with Gasteiger partial charge in [-0.3, -0.25) is 9.78 Å². The van der Waals surface area contributed by atoms with Crippen molar-refractivity contribution in [3.05, 3.63) is 89.2 Å². The molecule has 0 radical (unpaired) electrons. The molecule has 5 rings (SSSR count). The van der Waals surface area contributed by atoms with Crippen LogP contribution in [0.3, 0.4) is 0 Å². The number of aromatic nitrogens is 1. The number of aliphatic hydroxyl groups excluding tert-OH is 1. The second-order valence-electron chi connectivity index (χ2n) is 8.13. The Morgan fingerprint density at radius 3 is 2.57 bits per heavy atom. The molecule has 3 aromatic rings. The van der Waals surface area contributed by atoms with Crippen LogP contribution in [0.1, 0.15) is 41.0 Å². The van der Waals surface area contributed by atoms with Gasteiger partial charge < -0.3 is 5.11 Å². The van der Waals surface area contributed by atoms with Crippen LogP contribution in [0.2, 0.25) is 0 Å². The quantitative estimate of drug-likeness (QED) is 0.732. The number of ketones is 1. The molecule has 0 saturated heterocycles. The third kappa shape index (κ3) is 2.87. The zero-order valence-electron chi connectivity index (χ0n) is 15.8. The van der Waals surface area contributed by atoms with E-state index in [1.54, 1.807) is 0 Å². The van der Waals surface area contributed by atoms with E-state index >= 15 is 0 Å². The Hall–Kier alpha value is -2.78. The van der Waals surface area contributed by atoms with Crippen LogP contribution in [0, 0.1) is 0 Å². The minimum Gasteiger partial charge on any atom is -0.396 e. The predicted octanol–water partition coefficient (Wildman–Crippen LogP) is 4.22. The van der Waals surface area contributed by atoms with Crippen molar-refractivity contribution in [1.29, 1.82) is 0 Å². The smallest absolute Gasteiger partial charge is 0.147 e. The monoisotopic (exact) mass is 369 g/mol. The van der Waals surface area contributed by atoms with Crippen LogP contribution < -0.4 is 0 Å². The summed E-state index contributed by atoms with van der Waals surface area (Å²) < 4.78 is 0. The van der Waals surface area contributed by atoms with Gasteiger partial charge in [0, 0.05) is 30.3 Å². The highest BCUT2D eigenvalue weighted by Gasteiger charge is 2.55. The lowest BCUT2D eigenvalue weighted by Gasteiger charge is -2.15. The number of carbonyl (C=O) groups is 1. The number of carbonyl (C=O) groups excluding carboxylic acids is 1. The summed E-state index contributed by atoms with van der Waals surface area (Å²) in [6.07, 6.45) is 7.09. The molecule has 140 valence electrons. The molecule has 0 amide bonds. The highest BCUT2D eigenvalue weighted by Crippen LogP contribution is 2.55. The second kappa shape index (κ2) is 6.68. The van der Waals surface area contributed by atoms with Crippen LogP contribution in [0.4, 0.5) is 0 Å². The Morgan fingerprint density at radius 1 is 1.00 bits per heavy atom. The summed E-state index contributed by atoms with van der Waals surface area (Å²) >= 11 is 0. The molecular formula is C25H23NO2. The maximum Gasteiger partial charge on any atom is 0.147 e. The van der Waals surface area contributed by atoms with E-state index in [1.807, 2.05) is 30.6 Å². The fourth-order valence-electron chi connectivity index (χ4n) is 4.58. The summed E-state index contributed by atoms with van der Waals surface area (Å²) in [6.45, 7) is 0.109. The van der Waals surface area contributed by atoms with Gasteiger partial charge in [-0.1, -0.05) is 42.5 Å². The van der Waals surface area contributed by atoms with E-state index in [2.05, 4.69) is 41.4 Å². The van der Waals surface area contributed by atoms with E-state index in [9.17, 15) is 9.90 Å². The first kappa shape index (κ1) is 17.3. The molecule has 1 heterocycles. The van der Waals surface area contributed by atoms with Gasteiger partial charge in [-0.05, 0) is 59.2 Å². The van der Waals surface area contributed by atoms with Gasteiger partial charge in [0.15, 0.2) is 0 Å². The Labute approximate surface area is 165 Å². The lowest BCUT2D eigenvalue weighted by molar-refractivity contribution is -0.119. The predicted molar refractivity (Wildman–Crippen MR) is 109 cm³/mol. The van der Waals surface area contributed by atoms with E-state index in [-0.39, 0.29) is 17.9 Å². The minimum atomic E-state index is -0.175. The van der Waals surface area contributed by atoms with Gasteiger partial charge >= 0.3 is 0 Å².